The van der Waals surface area contributed by atoms with Gasteiger partial charge in [0.1, 0.15) is 18.0 Å². The Hall–Kier alpha value is -2.90. The summed E-state index contributed by atoms with van der Waals surface area (Å²) in [7, 11) is 4.00. The quantitative estimate of drug-likeness (QED) is 0.745. The van der Waals surface area contributed by atoms with Crippen molar-refractivity contribution in [3.05, 3.63) is 30.9 Å². The van der Waals surface area contributed by atoms with E-state index in [4.69, 9.17) is 0 Å². The van der Waals surface area contributed by atoms with Gasteiger partial charge in [-0.1, -0.05) is 0 Å². The largest absolute Gasteiger partial charge is 0.381 e. The van der Waals surface area contributed by atoms with E-state index in [1.165, 1.54) is 0 Å². The molecule has 1 aliphatic heterocycles. The molecule has 0 radical (unpaired) electrons. The molecule has 8 heteroatoms. The number of fused-ring (bicyclic) bond motifs is 1. The van der Waals surface area contributed by atoms with E-state index in [-0.39, 0.29) is 0 Å². The van der Waals surface area contributed by atoms with Crippen molar-refractivity contribution in [1.29, 1.82) is 0 Å². The minimum Gasteiger partial charge on any atom is -0.381 e. The molecule has 0 amide bonds. The number of nitrogens with one attached hydrogen (secondary N) is 2. The van der Waals surface area contributed by atoms with Crippen LogP contribution in [0, 0.1) is 0 Å². The fourth-order valence-corrected chi connectivity index (χ4v) is 3.43. The van der Waals surface area contributed by atoms with Gasteiger partial charge in [0.25, 0.3) is 0 Å². The zero-order valence-electron chi connectivity index (χ0n) is 15.2. The lowest BCUT2D eigenvalue weighted by Crippen LogP contribution is -2.27. The molecule has 4 rings (SSSR count). The third-order valence-corrected chi connectivity index (χ3v) is 4.83. The first kappa shape index (κ1) is 16.6. The molecule has 0 bridgehead atoms. The molecular formula is C18H24N8. The zero-order chi connectivity index (χ0) is 17.9. The van der Waals surface area contributed by atoms with Gasteiger partial charge in [-0.3, -0.25) is 5.10 Å². The van der Waals surface area contributed by atoms with Crippen LogP contribution >= 0.6 is 0 Å². The Morgan fingerprint density at radius 1 is 1.12 bits per heavy atom. The van der Waals surface area contributed by atoms with Crippen molar-refractivity contribution >= 4 is 28.4 Å². The molecule has 0 unspecified atom stereocenters. The molecule has 136 valence electrons. The molecule has 26 heavy (non-hydrogen) atoms. The first-order valence-electron chi connectivity index (χ1n) is 8.99. The van der Waals surface area contributed by atoms with E-state index in [9.17, 15) is 0 Å². The minimum absolute atomic E-state index is 0.439. The minimum atomic E-state index is 0.439. The number of H-pyrrole nitrogens is 1. The maximum Gasteiger partial charge on any atom is 0.160 e. The van der Waals surface area contributed by atoms with Crippen molar-refractivity contribution < 1.29 is 0 Å². The van der Waals surface area contributed by atoms with E-state index in [2.05, 4.69) is 41.4 Å². The molecule has 0 aliphatic carbocycles. The Morgan fingerprint density at radius 3 is 2.85 bits per heavy atom. The summed E-state index contributed by atoms with van der Waals surface area (Å²) >= 11 is 0. The molecule has 1 aliphatic rings. The first-order chi connectivity index (χ1) is 12.7. The van der Waals surface area contributed by atoms with Crippen LogP contribution in [0.5, 0.6) is 0 Å². The van der Waals surface area contributed by atoms with E-state index < -0.39 is 0 Å². The summed E-state index contributed by atoms with van der Waals surface area (Å²) < 4.78 is 0. The van der Waals surface area contributed by atoms with Crippen molar-refractivity contribution in [2.45, 2.75) is 25.3 Å². The van der Waals surface area contributed by atoms with Crippen LogP contribution in [0.15, 0.2) is 30.9 Å². The van der Waals surface area contributed by atoms with Crippen molar-refractivity contribution in [3.63, 3.8) is 0 Å². The van der Waals surface area contributed by atoms with Crippen molar-refractivity contribution in [2.75, 3.05) is 42.3 Å². The Bertz CT molecular complexity index is 857. The van der Waals surface area contributed by atoms with Gasteiger partial charge in [0.15, 0.2) is 5.65 Å². The molecule has 3 aromatic heterocycles. The molecular weight excluding hydrogens is 328 g/mol. The van der Waals surface area contributed by atoms with E-state index in [1.807, 2.05) is 37.5 Å². The second-order valence-electron chi connectivity index (χ2n) is 6.89. The molecule has 8 nitrogen and oxygen atoms in total. The zero-order valence-corrected chi connectivity index (χ0v) is 15.2. The molecule has 0 spiro atoms. The van der Waals surface area contributed by atoms with E-state index in [0.717, 1.165) is 60.7 Å². The van der Waals surface area contributed by atoms with Crippen molar-refractivity contribution in [1.82, 2.24) is 25.1 Å². The number of anilines is 3. The maximum absolute atomic E-state index is 4.50. The van der Waals surface area contributed by atoms with Crippen LogP contribution in [0.3, 0.4) is 0 Å². The molecule has 1 atom stereocenters. The lowest BCUT2D eigenvalue weighted by atomic mass is 10.1. The molecule has 1 saturated heterocycles. The van der Waals surface area contributed by atoms with E-state index >= 15 is 0 Å². The van der Waals surface area contributed by atoms with Crippen molar-refractivity contribution in [2.24, 2.45) is 0 Å². The number of nitrogens with zero attached hydrogens (tertiary/aromatic N) is 6. The lowest BCUT2D eigenvalue weighted by Gasteiger charge is -2.22. The van der Waals surface area contributed by atoms with Gasteiger partial charge in [0.2, 0.25) is 0 Å². The molecule has 0 aromatic carbocycles. The fraction of sp³-hybridized carbons (Fsp3) is 0.444. The summed E-state index contributed by atoms with van der Waals surface area (Å²) in [4.78, 5) is 17.6. The third kappa shape index (κ3) is 3.40. The van der Waals surface area contributed by atoms with Gasteiger partial charge < -0.3 is 15.1 Å². The van der Waals surface area contributed by atoms with Crippen LogP contribution in [0.2, 0.25) is 0 Å². The Balaban J connectivity index is 1.42. The van der Waals surface area contributed by atoms with Crippen LogP contribution < -0.4 is 15.1 Å². The van der Waals surface area contributed by atoms with Gasteiger partial charge in [0, 0.05) is 33.2 Å². The SMILES string of the molecule is CN(C)c1ccc(N[C@H]2CCCN(c3ncnc4[nH]ncc34)CC2)cn1. The summed E-state index contributed by atoms with van der Waals surface area (Å²) in [6.07, 6.45) is 8.63. The van der Waals surface area contributed by atoms with Gasteiger partial charge in [-0.15, -0.1) is 0 Å². The Labute approximate surface area is 152 Å². The summed E-state index contributed by atoms with van der Waals surface area (Å²) in [5.41, 5.74) is 1.87. The highest BCUT2D eigenvalue weighted by molar-refractivity contribution is 5.86. The topological polar surface area (TPSA) is 85.9 Å². The van der Waals surface area contributed by atoms with Crippen LogP contribution in [0.4, 0.5) is 17.3 Å². The number of pyridine rings is 1. The van der Waals surface area contributed by atoms with Gasteiger partial charge in [0.05, 0.1) is 23.5 Å². The second-order valence-corrected chi connectivity index (χ2v) is 6.89. The number of aromatic nitrogens is 5. The van der Waals surface area contributed by atoms with Crippen LogP contribution in [0.1, 0.15) is 19.3 Å². The lowest BCUT2D eigenvalue weighted by molar-refractivity contribution is 0.639. The predicted molar refractivity (Wildman–Crippen MR) is 104 cm³/mol. The average Bonchev–Trinajstić information content (AvgIpc) is 3.02. The predicted octanol–water partition coefficient (Wildman–Crippen LogP) is 2.28. The molecule has 3 aromatic rings. The molecule has 0 saturated carbocycles. The third-order valence-electron chi connectivity index (χ3n) is 4.83. The second kappa shape index (κ2) is 7.15. The smallest absolute Gasteiger partial charge is 0.160 e. The van der Waals surface area contributed by atoms with Crippen LogP contribution in [0.25, 0.3) is 11.0 Å². The number of aromatic amines is 1. The van der Waals surface area contributed by atoms with Gasteiger partial charge in [-0.05, 0) is 31.4 Å². The molecule has 1 fully saturated rings. The maximum atomic E-state index is 4.50. The van der Waals surface area contributed by atoms with Crippen LogP contribution in [-0.4, -0.2) is 58.4 Å². The first-order valence-corrected chi connectivity index (χ1v) is 8.99. The molecule has 4 heterocycles. The van der Waals surface area contributed by atoms with E-state index in [1.54, 1.807) is 6.33 Å². The van der Waals surface area contributed by atoms with Gasteiger partial charge in [-0.25, -0.2) is 15.0 Å². The average molecular weight is 352 g/mol. The molecule has 2 N–H and O–H groups in total. The van der Waals surface area contributed by atoms with Crippen LogP contribution in [-0.2, 0) is 0 Å². The summed E-state index contributed by atoms with van der Waals surface area (Å²) in [6, 6.07) is 4.58. The van der Waals surface area contributed by atoms with Gasteiger partial charge in [-0.2, -0.15) is 5.10 Å². The highest BCUT2D eigenvalue weighted by atomic mass is 15.2. The highest BCUT2D eigenvalue weighted by Crippen LogP contribution is 2.25. The normalized spacial score (nSPS) is 17.9. The Morgan fingerprint density at radius 2 is 2.04 bits per heavy atom. The number of hydrogen-bond acceptors (Lipinski definition) is 7. The van der Waals surface area contributed by atoms with Gasteiger partial charge >= 0.3 is 0 Å². The Kier molecular flexibility index (Phi) is 4.55. The highest BCUT2D eigenvalue weighted by Gasteiger charge is 2.20. The standard InChI is InChI=1S/C18H24N8/c1-25(2)16-6-5-14(10-19-16)23-13-4-3-8-26(9-7-13)18-15-11-22-24-17(15)20-12-21-18/h5-6,10-13,23H,3-4,7-9H2,1-2H3,(H,20,21,22,24)/t13-/m0/s1. The summed E-state index contributed by atoms with van der Waals surface area (Å²) in [5.74, 6) is 1.94. The summed E-state index contributed by atoms with van der Waals surface area (Å²) in [6.45, 7) is 1.95. The summed E-state index contributed by atoms with van der Waals surface area (Å²) in [5, 5.41) is 11.6. The van der Waals surface area contributed by atoms with E-state index in [0.29, 0.717) is 6.04 Å². The van der Waals surface area contributed by atoms with Crippen molar-refractivity contribution in [3.8, 4) is 0 Å². The number of rotatable bonds is 4. The fourth-order valence-electron chi connectivity index (χ4n) is 3.43. The number of hydrogen-bond donors (Lipinski definition) is 2. The monoisotopic (exact) mass is 352 g/mol.